The maximum absolute atomic E-state index is 9.20. The van der Waals surface area contributed by atoms with Crippen LogP contribution in [0.3, 0.4) is 0 Å². The molecule has 2 N–H and O–H groups in total. The number of rotatable bonds is 1. The summed E-state index contributed by atoms with van der Waals surface area (Å²) in [7, 11) is 0. The van der Waals surface area contributed by atoms with Gasteiger partial charge in [-0.1, -0.05) is 13.8 Å². The third-order valence-corrected chi connectivity index (χ3v) is 4.43. The Bertz CT molecular complexity index is 483. The number of nitrogen functional groups attached to an aromatic ring is 1. The zero-order valence-electron chi connectivity index (χ0n) is 11.8. The van der Waals surface area contributed by atoms with Gasteiger partial charge in [-0.3, -0.25) is 0 Å². The lowest BCUT2D eigenvalue weighted by Gasteiger charge is -2.34. The van der Waals surface area contributed by atoms with Crippen molar-refractivity contribution in [3.63, 3.8) is 0 Å². The standard InChI is InChI=1S/C15H23N3/c1-9-5-10(2)7-13(6-9)18-12(4)11(3)14(8-16)15(18)17/h9-10,13H,5-7,17H2,1-4H3. The number of anilines is 1. The summed E-state index contributed by atoms with van der Waals surface area (Å²) in [5.41, 5.74) is 9.05. The number of nitriles is 1. The van der Waals surface area contributed by atoms with Gasteiger partial charge in [-0.15, -0.1) is 0 Å². The molecule has 0 radical (unpaired) electrons. The molecule has 1 aromatic heterocycles. The van der Waals surface area contributed by atoms with E-state index < -0.39 is 0 Å². The van der Waals surface area contributed by atoms with E-state index in [4.69, 9.17) is 5.73 Å². The first kappa shape index (κ1) is 13.0. The molecule has 3 heteroatoms. The molecule has 2 rings (SSSR count). The number of nitrogens with two attached hydrogens (primary N) is 1. The molecule has 2 unspecified atom stereocenters. The Morgan fingerprint density at radius 1 is 1.17 bits per heavy atom. The molecule has 2 atom stereocenters. The van der Waals surface area contributed by atoms with Crippen LogP contribution in [0.2, 0.25) is 0 Å². The van der Waals surface area contributed by atoms with Crippen molar-refractivity contribution in [1.82, 2.24) is 4.57 Å². The van der Waals surface area contributed by atoms with Gasteiger partial charge in [0.25, 0.3) is 0 Å². The van der Waals surface area contributed by atoms with Crippen LogP contribution in [0.25, 0.3) is 0 Å². The van der Waals surface area contributed by atoms with Crippen molar-refractivity contribution in [3.8, 4) is 6.07 Å². The minimum Gasteiger partial charge on any atom is -0.384 e. The van der Waals surface area contributed by atoms with E-state index in [1.54, 1.807) is 0 Å². The Labute approximate surface area is 110 Å². The fraction of sp³-hybridized carbons (Fsp3) is 0.667. The minimum atomic E-state index is 0.463. The molecule has 0 bridgehead atoms. The number of hydrogen-bond donors (Lipinski definition) is 1. The van der Waals surface area contributed by atoms with Crippen LogP contribution >= 0.6 is 0 Å². The van der Waals surface area contributed by atoms with E-state index in [-0.39, 0.29) is 0 Å². The molecule has 0 aliphatic heterocycles. The van der Waals surface area contributed by atoms with E-state index in [0.29, 0.717) is 17.4 Å². The quantitative estimate of drug-likeness (QED) is 0.822. The van der Waals surface area contributed by atoms with Gasteiger partial charge in [-0.2, -0.15) is 5.26 Å². The van der Waals surface area contributed by atoms with Crippen LogP contribution in [-0.2, 0) is 0 Å². The monoisotopic (exact) mass is 245 g/mol. The summed E-state index contributed by atoms with van der Waals surface area (Å²) in [4.78, 5) is 0. The number of aromatic nitrogens is 1. The van der Waals surface area contributed by atoms with E-state index in [0.717, 1.165) is 23.1 Å². The van der Waals surface area contributed by atoms with Gasteiger partial charge < -0.3 is 10.3 Å². The second kappa shape index (κ2) is 4.68. The van der Waals surface area contributed by atoms with Gasteiger partial charge in [0, 0.05) is 11.7 Å². The summed E-state index contributed by atoms with van der Waals surface area (Å²) >= 11 is 0. The predicted molar refractivity (Wildman–Crippen MR) is 74.2 cm³/mol. The Morgan fingerprint density at radius 2 is 1.72 bits per heavy atom. The van der Waals surface area contributed by atoms with Crippen LogP contribution in [0.15, 0.2) is 0 Å². The number of nitrogens with zero attached hydrogens (tertiary/aromatic N) is 2. The average molecular weight is 245 g/mol. The number of hydrogen-bond acceptors (Lipinski definition) is 2. The van der Waals surface area contributed by atoms with E-state index in [2.05, 4.69) is 31.4 Å². The minimum absolute atomic E-state index is 0.463. The summed E-state index contributed by atoms with van der Waals surface area (Å²) in [5, 5.41) is 9.20. The van der Waals surface area contributed by atoms with Crippen molar-refractivity contribution in [2.45, 2.75) is 53.0 Å². The van der Waals surface area contributed by atoms with Gasteiger partial charge in [0.2, 0.25) is 0 Å². The maximum atomic E-state index is 9.20. The highest BCUT2D eigenvalue weighted by Crippen LogP contribution is 2.39. The predicted octanol–water partition coefficient (Wildman–Crippen LogP) is 3.56. The molecule has 0 saturated heterocycles. The van der Waals surface area contributed by atoms with Crippen molar-refractivity contribution >= 4 is 5.82 Å². The molecule has 98 valence electrons. The Balaban J connectivity index is 2.42. The van der Waals surface area contributed by atoms with Gasteiger partial charge in [0.05, 0.1) is 5.56 Å². The molecular weight excluding hydrogens is 222 g/mol. The van der Waals surface area contributed by atoms with Crippen LogP contribution in [0.4, 0.5) is 5.82 Å². The van der Waals surface area contributed by atoms with E-state index >= 15 is 0 Å². The van der Waals surface area contributed by atoms with E-state index in [1.807, 2.05) is 6.92 Å². The third-order valence-electron chi connectivity index (χ3n) is 4.43. The van der Waals surface area contributed by atoms with Crippen molar-refractivity contribution in [2.75, 3.05) is 5.73 Å². The molecule has 0 aromatic carbocycles. The SMILES string of the molecule is Cc1c(C#N)c(N)n(C2CC(C)CC(C)C2)c1C. The molecule has 1 heterocycles. The topological polar surface area (TPSA) is 54.7 Å². The Kier molecular flexibility index (Phi) is 3.38. The fourth-order valence-electron chi connectivity index (χ4n) is 3.58. The second-order valence-corrected chi connectivity index (χ2v) is 6.02. The van der Waals surface area contributed by atoms with Crippen molar-refractivity contribution in [2.24, 2.45) is 11.8 Å². The molecule has 1 aliphatic rings. The molecule has 0 amide bonds. The van der Waals surface area contributed by atoms with E-state index in [1.165, 1.54) is 19.3 Å². The normalized spacial score (nSPS) is 28.1. The lowest BCUT2D eigenvalue weighted by molar-refractivity contribution is 0.221. The van der Waals surface area contributed by atoms with Gasteiger partial charge in [0.1, 0.15) is 11.9 Å². The first-order valence-corrected chi connectivity index (χ1v) is 6.82. The Hall–Kier alpha value is -1.43. The van der Waals surface area contributed by atoms with Crippen LogP contribution in [0.1, 0.15) is 56.0 Å². The summed E-state index contributed by atoms with van der Waals surface area (Å²) < 4.78 is 2.21. The summed E-state index contributed by atoms with van der Waals surface area (Å²) in [6.45, 7) is 8.71. The highest BCUT2D eigenvalue weighted by atomic mass is 15.1. The summed E-state index contributed by atoms with van der Waals surface area (Å²) in [6, 6.07) is 2.70. The van der Waals surface area contributed by atoms with Gasteiger partial charge in [-0.05, 0) is 50.5 Å². The van der Waals surface area contributed by atoms with Crippen LogP contribution < -0.4 is 5.73 Å². The molecule has 0 spiro atoms. The largest absolute Gasteiger partial charge is 0.384 e. The molecule has 1 aromatic rings. The lowest BCUT2D eigenvalue weighted by atomic mass is 9.80. The second-order valence-electron chi connectivity index (χ2n) is 6.02. The summed E-state index contributed by atoms with van der Waals surface area (Å²) in [5.74, 6) is 2.15. The molecule has 1 fully saturated rings. The molecular formula is C15H23N3. The lowest BCUT2D eigenvalue weighted by Crippen LogP contribution is -2.24. The smallest absolute Gasteiger partial charge is 0.122 e. The van der Waals surface area contributed by atoms with Gasteiger partial charge >= 0.3 is 0 Å². The zero-order chi connectivity index (χ0) is 13.4. The van der Waals surface area contributed by atoms with Gasteiger partial charge in [-0.25, -0.2) is 0 Å². The fourth-order valence-corrected chi connectivity index (χ4v) is 3.58. The third kappa shape index (κ3) is 2.01. The van der Waals surface area contributed by atoms with Crippen LogP contribution in [0, 0.1) is 37.0 Å². The van der Waals surface area contributed by atoms with Crippen molar-refractivity contribution < 1.29 is 0 Å². The van der Waals surface area contributed by atoms with Crippen molar-refractivity contribution in [3.05, 3.63) is 16.8 Å². The average Bonchev–Trinajstić information content (AvgIpc) is 2.48. The maximum Gasteiger partial charge on any atom is 0.122 e. The molecule has 18 heavy (non-hydrogen) atoms. The molecule has 3 nitrogen and oxygen atoms in total. The summed E-state index contributed by atoms with van der Waals surface area (Å²) in [6.07, 6.45) is 3.66. The highest BCUT2D eigenvalue weighted by molar-refractivity contribution is 5.58. The molecule has 1 saturated carbocycles. The zero-order valence-corrected chi connectivity index (χ0v) is 11.8. The highest BCUT2D eigenvalue weighted by Gasteiger charge is 2.28. The van der Waals surface area contributed by atoms with Crippen molar-refractivity contribution in [1.29, 1.82) is 5.26 Å². The molecule has 1 aliphatic carbocycles. The van der Waals surface area contributed by atoms with Crippen LogP contribution in [0.5, 0.6) is 0 Å². The van der Waals surface area contributed by atoms with E-state index in [9.17, 15) is 5.26 Å². The Morgan fingerprint density at radius 3 is 2.17 bits per heavy atom. The van der Waals surface area contributed by atoms with Crippen LogP contribution in [-0.4, -0.2) is 4.57 Å². The first-order valence-electron chi connectivity index (χ1n) is 6.82. The first-order chi connectivity index (χ1) is 8.45. The van der Waals surface area contributed by atoms with Gasteiger partial charge in [0.15, 0.2) is 0 Å².